The van der Waals surface area contributed by atoms with E-state index in [0.717, 1.165) is 51.7 Å². The number of fused-ring (bicyclic) bond motifs is 7. The maximum atomic E-state index is 17.7. The van der Waals surface area contributed by atoms with Gasteiger partial charge in [0.2, 0.25) is 5.88 Å². The number of hydrogen-bond acceptors (Lipinski definition) is 12. The number of likely N-dealkylation sites (tertiary alicyclic amines) is 1. The van der Waals surface area contributed by atoms with Crippen LogP contribution < -0.4 is 19.1 Å². The molecule has 10 rings (SSSR count). The first-order chi connectivity index (χ1) is 28.3. The first-order valence-electron chi connectivity index (χ1n) is 21.0. The fraction of sp³-hybridized carbons (Fsp3) is 0.591. The highest BCUT2D eigenvalue weighted by atomic mass is 19.1. The second kappa shape index (κ2) is 14.0. The third kappa shape index (κ3) is 6.58. The molecule has 1 amide bonds. The Morgan fingerprint density at radius 1 is 1.05 bits per heavy atom. The summed E-state index contributed by atoms with van der Waals surface area (Å²) in [7, 11) is 1.51. The molecule has 2 saturated carbocycles. The van der Waals surface area contributed by atoms with Crippen LogP contribution in [0.4, 0.5) is 19.4 Å². The highest BCUT2D eigenvalue weighted by Gasteiger charge is 2.61. The lowest BCUT2D eigenvalue weighted by Gasteiger charge is -2.46. The van der Waals surface area contributed by atoms with Crippen LogP contribution in [0.3, 0.4) is 0 Å². The summed E-state index contributed by atoms with van der Waals surface area (Å²) in [5.74, 6) is 0.405. The number of pyridine rings is 1. The molecule has 1 N–H and O–H groups in total. The molecule has 59 heavy (non-hydrogen) atoms. The van der Waals surface area contributed by atoms with Crippen molar-refractivity contribution in [3.63, 3.8) is 0 Å². The minimum absolute atomic E-state index is 0.0206. The summed E-state index contributed by atoms with van der Waals surface area (Å²) in [6.45, 7) is 11.3. The Morgan fingerprint density at radius 3 is 2.61 bits per heavy atom. The average molecular weight is 815 g/mol. The van der Waals surface area contributed by atoms with Crippen molar-refractivity contribution in [2.45, 2.75) is 89.9 Å². The number of hydrogen-bond donors (Lipinski definition) is 1. The van der Waals surface area contributed by atoms with Crippen LogP contribution in [0.5, 0.6) is 17.6 Å². The number of aliphatic hydroxyl groups is 1. The lowest BCUT2D eigenvalue weighted by molar-refractivity contribution is 0.00537. The summed E-state index contributed by atoms with van der Waals surface area (Å²) in [6.07, 6.45) is 4.56. The van der Waals surface area contributed by atoms with Gasteiger partial charge < -0.3 is 38.6 Å². The van der Waals surface area contributed by atoms with Gasteiger partial charge in [0, 0.05) is 49.7 Å². The topological polar surface area (TPSA) is 132 Å². The first kappa shape index (κ1) is 38.6. The normalized spacial score (nSPS) is 26.4. The lowest BCUT2D eigenvalue weighted by Crippen LogP contribution is -2.63. The van der Waals surface area contributed by atoms with E-state index in [1.807, 2.05) is 32.6 Å². The predicted molar refractivity (Wildman–Crippen MR) is 215 cm³/mol. The number of aryl methyl sites for hydroxylation is 1. The van der Waals surface area contributed by atoms with Crippen LogP contribution in [0.25, 0.3) is 32.9 Å². The molecule has 4 aromatic rings. The molecule has 2 aromatic carbocycles. The number of benzene rings is 2. The minimum atomic E-state index is -0.724. The Morgan fingerprint density at radius 2 is 1.88 bits per heavy atom. The summed E-state index contributed by atoms with van der Waals surface area (Å²) >= 11 is 0. The van der Waals surface area contributed by atoms with E-state index in [1.54, 1.807) is 18.2 Å². The molecular weight excluding hydrogens is 763 g/mol. The van der Waals surface area contributed by atoms with Crippen LogP contribution >= 0.6 is 0 Å². The number of carbonyl (C=O) groups excluding carboxylic acids is 1. The number of aliphatic hydroxyl groups excluding tert-OH is 1. The third-order valence-electron chi connectivity index (χ3n) is 13.6. The van der Waals surface area contributed by atoms with Gasteiger partial charge in [0.25, 0.3) is 0 Å². The molecule has 2 bridgehead atoms. The van der Waals surface area contributed by atoms with E-state index in [-0.39, 0.29) is 78.2 Å². The van der Waals surface area contributed by atoms with Gasteiger partial charge >= 0.3 is 12.1 Å². The second-order valence-corrected chi connectivity index (χ2v) is 18.7. The molecule has 15 heteroatoms. The number of ether oxygens (including phenoxy) is 5. The highest BCUT2D eigenvalue weighted by molar-refractivity contribution is 6.03. The molecule has 6 aliphatic rings. The second-order valence-electron chi connectivity index (χ2n) is 18.7. The zero-order chi connectivity index (χ0) is 41.0. The SMILES string of the molecule is CCc1c(F)ccc2cc(OCOC)cc(-c3nc4c5c(nc(OCC6(CN7CC8CC8(CO)C7)CC6)nc5c3F)N3C[C@H]5CC[C@@H]([C@H]3CO4)N5C(=O)OC(C)(C)C)c12. The van der Waals surface area contributed by atoms with Gasteiger partial charge in [-0.15, -0.1) is 0 Å². The minimum Gasteiger partial charge on any atom is -0.475 e. The number of amides is 1. The van der Waals surface area contributed by atoms with E-state index in [0.29, 0.717) is 64.3 Å². The van der Waals surface area contributed by atoms with Gasteiger partial charge in [0.05, 0.1) is 31.3 Å². The number of rotatable bonds is 11. The molecule has 314 valence electrons. The number of piperidine rings is 1. The molecule has 0 radical (unpaired) electrons. The van der Waals surface area contributed by atoms with Crippen LogP contribution in [0, 0.1) is 28.4 Å². The molecule has 2 aliphatic carbocycles. The van der Waals surface area contributed by atoms with Crippen molar-refractivity contribution >= 4 is 33.6 Å². The van der Waals surface area contributed by atoms with Crippen LogP contribution in [0.2, 0.25) is 0 Å². The lowest BCUT2D eigenvalue weighted by atomic mass is 9.94. The van der Waals surface area contributed by atoms with Gasteiger partial charge in [-0.2, -0.15) is 9.97 Å². The van der Waals surface area contributed by atoms with Crippen molar-refractivity contribution in [2.24, 2.45) is 16.7 Å². The van der Waals surface area contributed by atoms with Crippen LogP contribution in [-0.2, 0) is 15.9 Å². The van der Waals surface area contributed by atoms with Gasteiger partial charge in [-0.25, -0.2) is 18.6 Å². The van der Waals surface area contributed by atoms with E-state index in [9.17, 15) is 9.90 Å². The summed E-state index contributed by atoms with van der Waals surface area (Å²) in [5, 5.41) is 11.5. The molecule has 6 heterocycles. The smallest absolute Gasteiger partial charge is 0.410 e. The van der Waals surface area contributed by atoms with Crippen molar-refractivity contribution in [1.82, 2.24) is 24.8 Å². The van der Waals surface area contributed by atoms with E-state index in [1.165, 1.54) is 13.2 Å². The summed E-state index contributed by atoms with van der Waals surface area (Å²) in [4.78, 5) is 34.8. The highest BCUT2D eigenvalue weighted by Crippen LogP contribution is 2.59. The fourth-order valence-electron chi connectivity index (χ4n) is 10.4. The number of methoxy groups -OCH3 is 1. The summed E-state index contributed by atoms with van der Waals surface area (Å²) in [5.41, 5.74) is -0.0515. The van der Waals surface area contributed by atoms with Crippen molar-refractivity contribution in [2.75, 3.05) is 64.8 Å². The zero-order valence-corrected chi connectivity index (χ0v) is 34.4. The maximum Gasteiger partial charge on any atom is 0.410 e. The quantitative estimate of drug-likeness (QED) is 0.166. The van der Waals surface area contributed by atoms with E-state index >= 15 is 8.78 Å². The van der Waals surface area contributed by atoms with Crippen LogP contribution in [0.1, 0.15) is 65.4 Å². The molecule has 2 unspecified atom stereocenters. The Hall–Kier alpha value is -4.60. The Kier molecular flexibility index (Phi) is 9.15. The van der Waals surface area contributed by atoms with Crippen molar-refractivity contribution in [3.05, 3.63) is 41.5 Å². The monoisotopic (exact) mass is 814 g/mol. The van der Waals surface area contributed by atoms with Gasteiger partial charge in [0.1, 0.15) is 46.2 Å². The first-order valence-corrected chi connectivity index (χ1v) is 21.0. The number of carbonyl (C=O) groups is 1. The van der Waals surface area contributed by atoms with Crippen molar-refractivity contribution in [3.8, 4) is 28.9 Å². The molecule has 13 nitrogen and oxygen atoms in total. The Labute approximate surface area is 341 Å². The summed E-state index contributed by atoms with van der Waals surface area (Å²) < 4.78 is 63.2. The fourth-order valence-corrected chi connectivity index (χ4v) is 10.4. The molecule has 5 fully saturated rings. The molecule has 3 saturated heterocycles. The molecule has 5 atom stereocenters. The van der Waals surface area contributed by atoms with Gasteiger partial charge in [-0.3, -0.25) is 4.90 Å². The molecule has 2 aromatic heterocycles. The molecular formula is C44H52F2N6O7. The summed E-state index contributed by atoms with van der Waals surface area (Å²) in [6, 6.07) is 5.76. The van der Waals surface area contributed by atoms with Gasteiger partial charge in [-0.05, 0) is 99.7 Å². The molecule has 0 spiro atoms. The van der Waals surface area contributed by atoms with E-state index < -0.39 is 17.2 Å². The van der Waals surface area contributed by atoms with Crippen molar-refractivity contribution < 1.29 is 42.4 Å². The molecule has 4 aliphatic heterocycles. The number of anilines is 1. The van der Waals surface area contributed by atoms with Gasteiger partial charge in [-0.1, -0.05) is 13.0 Å². The maximum absolute atomic E-state index is 17.7. The van der Waals surface area contributed by atoms with E-state index in [4.69, 9.17) is 38.6 Å². The standard InChI is InChI=1S/C44H52F2N6O7/c1-6-28-30(45)9-7-24-13-27(58-23-55-5)14-29(33(24)28)36-35(46)37-34-38(49-40(48-37)57-22-43(11-12-43)19-50-16-25-15-44(25,20-50)21-53)51-17-26-8-10-31(32(51)18-56-39(34)47-36)52(26)41(54)59-42(2,3)4/h7,9,13-14,25-26,31-32,53H,6,8,10-12,15-23H2,1-5H3/t25?,26-,31+,32-,44?/m1/s1. The average Bonchev–Trinajstić information content (AvgIpc) is 4.07. The van der Waals surface area contributed by atoms with Crippen molar-refractivity contribution in [1.29, 1.82) is 0 Å². The largest absolute Gasteiger partial charge is 0.475 e. The number of aromatic nitrogens is 3. The number of nitrogens with zero attached hydrogens (tertiary/aromatic N) is 6. The number of halogens is 2. The van der Waals surface area contributed by atoms with Gasteiger partial charge in [0.15, 0.2) is 12.6 Å². The Balaban J connectivity index is 1.08. The zero-order valence-electron chi connectivity index (χ0n) is 34.4. The predicted octanol–water partition coefficient (Wildman–Crippen LogP) is 6.49. The Bertz CT molecular complexity index is 2350. The van der Waals surface area contributed by atoms with Crippen LogP contribution in [0.15, 0.2) is 24.3 Å². The third-order valence-corrected chi connectivity index (χ3v) is 13.6. The number of piperazine rings is 1. The van der Waals surface area contributed by atoms with E-state index in [2.05, 4.69) is 9.80 Å². The van der Waals surface area contributed by atoms with Crippen LogP contribution in [-0.4, -0.2) is 120 Å².